The molecule has 4 nitrogen and oxygen atoms in total. The van der Waals surface area contributed by atoms with Crippen LogP contribution in [0.25, 0.3) is 0 Å². The van der Waals surface area contributed by atoms with Gasteiger partial charge in [0.2, 0.25) is 0 Å². The van der Waals surface area contributed by atoms with Crippen LogP contribution in [0.15, 0.2) is 12.1 Å². The summed E-state index contributed by atoms with van der Waals surface area (Å²) in [6.07, 6.45) is 7.90. The first-order valence-corrected chi connectivity index (χ1v) is 11.0. The van der Waals surface area contributed by atoms with Gasteiger partial charge in [-0.05, 0) is 43.2 Å². The van der Waals surface area contributed by atoms with Crippen molar-refractivity contribution in [1.29, 1.82) is 0 Å². The second kappa shape index (κ2) is 12.9. The van der Waals surface area contributed by atoms with Crippen LogP contribution >= 0.6 is 11.3 Å². The zero-order valence-corrected chi connectivity index (χ0v) is 17.7. The highest BCUT2D eigenvalue weighted by Crippen LogP contribution is 2.18. The molecule has 0 bridgehead atoms. The standard InChI is InChI=1S/C21H36N2O2S/c1-5-9-16(8-4)14-22-20(24)18-12-13-19(26-18)21(25)23-15-17(10-6-2)11-7-3/h12-13,16-17H,5-11,14-15H2,1-4H3,(H,22,24)(H,23,25)/t16-/m0/s1. The van der Waals surface area contributed by atoms with E-state index < -0.39 is 0 Å². The normalized spacial score (nSPS) is 12.2. The molecule has 0 saturated carbocycles. The number of amides is 2. The van der Waals surface area contributed by atoms with Gasteiger partial charge in [0.25, 0.3) is 11.8 Å². The van der Waals surface area contributed by atoms with Crippen molar-refractivity contribution in [3.63, 3.8) is 0 Å². The first-order chi connectivity index (χ1) is 12.5. The third-order valence-corrected chi connectivity index (χ3v) is 5.91. The Morgan fingerprint density at radius 3 is 1.65 bits per heavy atom. The van der Waals surface area contributed by atoms with Gasteiger partial charge in [0.05, 0.1) is 9.75 Å². The smallest absolute Gasteiger partial charge is 0.261 e. The summed E-state index contributed by atoms with van der Waals surface area (Å²) in [6.45, 7) is 10.1. The maximum Gasteiger partial charge on any atom is 0.261 e. The summed E-state index contributed by atoms with van der Waals surface area (Å²) < 4.78 is 0. The van der Waals surface area contributed by atoms with E-state index >= 15 is 0 Å². The molecular formula is C21H36N2O2S. The number of rotatable bonds is 13. The molecule has 0 aromatic carbocycles. The van der Waals surface area contributed by atoms with Crippen LogP contribution in [0, 0.1) is 11.8 Å². The Hall–Kier alpha value is -1.36. The Balaban J connectivity index is 2.52. The fourth-order valence-corrected chi connectivity index (χ4v) is 4.09. The number of carbonyl (C=O) groups is 2. The lowest BCUT2D eigenvalue weighted by Gasteiger charge is -2.15. The van der Waals surface area contributed by atoms with Crippen LogP contribution in [0.2, 0.25) is 0 Å². The Morgan fingerprint density at radius 1 is 0.808 bits per heavy atom. The van der Waals surface area contributed by atoms with Crippen LogP contribution in [0.3, 0.4) is 0 Å². The van der Waals surface area contributed by atoms with E-state index in [0.29, 0.717) is 28.1 Å². The summed E-state index contributed by atoms with van der Waals surface area (Å²) in [4.78, 5) is 25.9. The lowest BCUT2D eigenvalue weighted by molar-refractivity contribution is 0.0943. The molecule has 1 heterocycles. The highest BCUT2D eigenvalue weighted by molar-refractivity contribution is 7.15. The molecule has 0 saturated heterocycles. The summed E-state index contributed by atoms with van der Waals surface area (Å²) >= 11 is 1.28. The van der Waals surface area contributed by atoms with Crippen molar-refractivity contribution in [3.05, 3.63) is 21.9 Å². The Morgan fingerprint density at radius 2 is 1.23 bits per heavy atom. The van der Waals surface area contributed by atoms with Gasteiger partial charge in [-0.1, -0.05) is 53.4 Å². The van der Waals surface area contributed by atoms with Gasteiger partial charge in [0.1, 0.15) is 0 Å². The van der Waals surface area contributed by atoms with Gasteiger partial charge in [0.15, 0.2) is 0 Å². The summed E-state index contributed by atoms with van der Waals surface area (Å²) in [5.74, 6) is 0.934. The van der Waals surface area contributed by atoms with Gasteiger partial charge in [-0.2, -0.15) is 0 Å². The number of thiophene rings is 1. The second-order valence-corrected chi connectivity index (χ2v) is 8.17. The van der Waals surface area contributed by atoms with E-state index in [9.17, 15) is 9.59 Å². The minimum Gasteiger partial charge on any atom is -0.351 e. The maximum absolute atomic E-state index is 12.4. The number of nitrogens with one attached hydrogen (secondary N) is 2. The van der Waals surface area contributed by atoms with Crippen molar-refractivity contribution in [2.45, 2.75) is 72.6 Å². The third-order valence-electron chi connectivity index (χ3n) is 4.82. The zero-order chi connectivity index (χ0) is 19.4. The van der Waals surface area contributed by atoms with E-state index in [4.69, 9.17) is 0 Å². The molecule has 0 aliphatic carbocycles. The van der Waals surface area contributed by atoms with E-state index in [1.165, 1.54) is 11.3 Å². The minimum absolute atomic E-state index is 0.0660. The fourth-order valence-electron chi connectivity index (χ4n) is 3.25. The van der Waals surface area contributed by atoms with E-state index in [2.05, 4.69) is 38.3 Å². The van der Waals surface area contributed by atoms with Crippen molar-refractivity contribution >= 4 is 23.2 Å². The average Bonchev–Trinajstić information content (AvgIpc) is 3.13. The van der Waals surface area contributed by atoms with Gasteiger partial charge in [-0.3, -0.25) is 9.59 Å². The maximum atomic E-state index is 12.4. The van der Waals surface area contributed by atoms with Crippen molar-refractivity contribution < 1.29 is 9.59 Å². The molecule has 5 heteroatoms. The molecule has 0 unspecified atom stereocenters. The first-order valence-electron chi connectivity index (χ1n) is 10.2. The molecule has 0 radical (unpaired) electrons. The highest BCUT2D eigenvalue weighted by atomic mass is 32.1. The van der Waals surface area contributed by atoms with E-state index in [1.807, 2.05) is 0 Å². The van der Waals surface area contributed by atoms with Crippen LogP contribution in [-0.4, -0.2) is 24.9 Å². The Bertz CT molecular complexity index is 536. The highest BCUT2D eigenvalue weighted by Gasteiger charge is 2.16. The molecule has 148 valence electrons. The Labute approximate surface area is 163 Å². The van der Waals surface area contributed by atoms with Crippen LogP contribution in [0.1, 0.15) is 92.0 Å². The molecule has 0 spiro atoms. The zero-order valence-electron chi connectivity index (χ0n) is 16.9. The molecule has 26 heavy (non-hydrogen) atoms. The molecule has 1 aromatic rings. The quantitative estimate of drug-likeness (QED) is 0.491. The summed E-state index contributed by atoms with van der Waals surface area (Å²) in [6, 6.07) is 3.51. The molecule has 1 atom stereocenters. The van der Waals surface area contributed by atoms with Crippen LogP contribution in [-0.2, 0) is 0 Å². The molecule has 0 fully saturated rings. The molecular weight excluding hydrogens is 344 g/mol. The van der Waals surface area contributed by atoms with Gasteiger partial charge in [-0.15, -0.1) is 11.3 Å². The van der Waals surface area contributed by atoms with E-state index in [0.717, 1.165) is 51.5 Å². The molecule has 2 amide bonds. The van der Waals surface area contributed by atoms with E-state index in [-0.39, 0.29) is 11.8 Å². The van der Waals surface area contributed by atoms with Crippen LogP contribution in [0.5, 0.6) is 0 Å². The minimum atomic E-state index is -0.0709. The van der Waals surface area contributed by atoms with Crippen molar-refractivity contribution in [3.8, 4) is 0 Å². The SMILES string of the molecule is CCCC(CCC)CNC(=O)c1ccc(C(=O)NC[C@@H](CC)CCC)s1. The topological polar surface area (TPSA) is 58.2 Å². The lowest BCUT2D eigenvalue weighted by Crippen LogP contribution is -2.29. The van der Waals surface area contributed by atoms with Crippen molar-refractivity contribution in [2.75, 3.05) is 13.1 Å². The fraction of sp³-hybridized carbons (Fsp3) is 0.714. The monoisotopic (exact) mass is 380 g/mol. The predicted octanol–water partition coefficient (Wildman–Crippen LogP) is 5.25. The molecule has 2 N–H and O–H groups in total. The average molecular weight is 381 g/mol. The van der Waals surface area contributed by atoms with Gasteiger partial charge >= 0.3 is 0 Å². The third kappa shape index (κ3) is 7.90. The largest absolute Gasteiger partial charge is 0.351 e. The molecule has 0 aliphatic rings. The molecule has 1 aromatic heterocycles. The lowest BCUT2D eigenvalue weighted by atomic mass is 9.98. The van der Waals surface area contributed by atoms with E-state index in [1.54, 1.807) is 12.1 Å². The van der Waals surface area contributed by atoms with Gasteiger partial charge in [-0.25, -0.2) is 0 Å². The van der Waals surface area contributed by atoms with Crippen molar-refractivity contribution in [2.24, 2.45) is 11.8 Å². The Kier molecular flexibility index (Phi) is 11.3. The van der Waals surface area contributed by atoms with Crippen LogP contribution in [0.4, 0.5) is 0 Å². The van der Waals surface area contributed by atoms with Gasteiger partial charge in [0, 0.05) is 13.1 Å². The summed E-state index contributed by atoms with van der Waals surface area (Å²) in [5.41, 5.74) is 0. The van der Waals surface area contributed by atoms with Crippen LogP contribution < -0.4 is 10.6 Å². The molecule has 0 aliphatic heterocycles. The molecule has 1 rings (SSSR count). The number of hydrogen-bond acceptors (Lipinski definition) is 3. The van der Waals surface area contributed by atoms with Crippen molar-refractivity contribution in [1.82, 2.24) is 10.6 Å². The second-order valence-electron chi connectivity index (χ2n) is 7.09. The van der Waals surface area contributed by atoms with Gasteiger partial charge < -0.3 is 10.6 Å². The predicted molar refractivity (Wildman–Crippen MR) is 111 cm³/mol. The number of hydrogen-bond donors (Lipinski definition) is 2. The number of carbonyl (C=O) groups excluding carboxylic acids is 2. The summed E-state index contributed by atoms with van der Waals surface area (Å²) in [5, 5.41) is 6.05. The summed E-state index contributed by atoms with van der Waals surface area (Å²) in [7, 11) is 0. The first kappa shape index (κ1) is 22.7.